The number of hydrogen-bond donors (Lipinski definition) is 2. The van der Waals surface area contributed by atoms with E-state index in [0.717, 1.165) is 31.3 Å². The van der Waals surface area contributed by atoms with Crippen molar-refractivity contribution in [2.75, 3.05) is 6.01 Å². The summed E-state index contributed by atoms with van der Waals surface area (Å²) in [6, 6.07) is 1.96. The second-order valence-electron chi connectivity index (χ2n) is 12.9. The number of thioether (sulfide) groups is 1. The number of carbonyl (C=O) groups is 2. The summed E-state index contributed by atoms with van der Waals surface area (Å²) in [5.41, 5.74) is 6.76. The molecule has 4 saturated carbocycles. The van der Waals surface area contributed by atoms with Crippen molar-refractivity contribution < 1.29 is 28.2 Å². The maximum atomic E-state index is 13.5. The predicted molar refractivity (Wildman–Crippen MR) is 152 cm³/mol. The molecule has 0 aromatic carbocycles. The van der Waals surface area contributed by atoms with Gasteiger partial charge in [0.15, 0.2) is 5.60 Å². The molecule has 0 radical (unpaired) electrons. The largest absolute Gasteiger partial charge is 0.449 e. The summed E-state index contributed by atoms with van der Waals surface area (Å²) in [7, 11) is 0. The molecule has 0 spiro atoms. The number of pyridine rings is 1. The number of esters is 1. The van der Waals surface area contributed by atoms with Crippen LogP contribution < -0.4 is 5.73 Å². The first-order valence-corrected chi connectivity index (χ1v) is 15.5. The number of nitrogens with two attached hydrogens (primary N) is 1. The molecule has 220 valence electrons. The summed E-state index contributed by atoms with van der Waals surface area (Å²) in [5, 5.41) is 11.5. The molecule has 3 unspecified atom stereocenters. The minimum atomic E-state index is -1.44. The van der Waals surface area contributed by atoms with Gasteiger partial charge < -0.3 is 15.6 Å². The van der Waals surface area contributed by atoms with E-state index in [1.807, 2.05) is 6.92 Å². The number of alkyl halides is 1. The Balaban J connectivity index is 1.35. The number of aliphatic imine (C=N–C) groups is 1. The number of rotatable bonds is 5. The van der Waals surface area contributed by atoms with Gasteiger partial charge in [-0.25, -0.2) is 14.4 Å². The van der Waals surface area contributed by atoms with Crippen molar-refractivity contribution in [1.29, 1.82) is 0 Å². The summed E-state index contributed by atoms with van der Waals surface area (Å²) in [6.07, 6.45) is 9.26. The lowest BCUT2D eigenvalue weighted by atomic mass is 9.45. The number of aromatic nitrogens is 1. The molecule has 3 N–H and O–H groups in total. The maximum absolute atomic E-state index is 13.5. The number of fused-ring (bicyclic) bond motifs is 5. The first-order valence-electron chi connectivity index (χ1n) is 14.5. The van der Waals surface area contributed by atoms with Crippen LogP contribution in [0.4, 0.5) is 14.5 Å². The Bertz CT molecular complexity index is 1350. The average Bonchev–Trinajstić information content (AvgIpc) is 3.74. The number of halogens is 2. The quantitative estimate of drug-likeness (QED) is 0.344. The van der Waals surface area contributed by atoms with E-state index in [4.69, 9.17) is 15.5 Å². The number of aliphatic hydroxyl groups excluding tert-OH is 1. The van der Waals surface area contributed by atoms with Gasteiger partial charge in [0.1, 0.15) is 6.01 Å². The van der Waals surface area contributed by atoms with Crippen LogP contribution in [0.2, 0.25) is 0 Å². The third-order valence-electron chi connectivity index (χ3n) is 10.9. The van der Waals surface area contributed by atoms with E-state index < -0.39 is 34.2 Å². The second-order valence-corrected chi connectivity index (χ2v) is 13.8. The zero-order valence-corrected chi connectivity index (χ0v) is 24.3. The van der Waals surface area contributed by atoms with Gasteiger partial charge in [0, 0.05) is 5.41 Å². The lowest BCUT2D eigenvalue weighted by Crippen LogP contribution is -2.62. The second kappa shape index (κ2) is 10.3. The van der Waals surface area contributed by atoms with Crippen molar-refractivity contribution in [3.63, 3.8) is 0 Å². The van der Waals surface area contributed by atoms with Crippen LogP contribution in [0.15, 0.2) is 46.7 Å². The normalized spacial score (nSPS) is 40.0. The highest BCUT2D eigenvalue weighted by molar-refractivity contribution is 8.13. The van der Waals surface area contributed by atoms with Crippen LogP contribution in [-0.2, 0) is 14.3 Å². The zero-order chi connectivity index (χ0) is 29.2. The SMILES string of the molecule is C[C@]12CC(=CN)C(=Nc3ccc(F)nc3)C=C1CC[C@@H]1C2C(O)C[C@@]2(C)C1CC[C@]2(OC(=O)C1CC1)C(=O)SCF. The van der Waals surface area contributed by atoms with Gasteiger partial charge >= 0.3 is 5.97 Å². The monoisotopic (exact) mass is 585 g/mol. The van der Waals surface area contributed by atoms with Gasteiger partial charge in [0.2, 0.25) is 11.1 Å². The van der Waals surface area contributed by atoms with Crippen LogP contribution in [0, 0.1) is 40.4 Å². The van der Waals surface area contributed by atoms with Crippen LogP contribution in [0.5, 0.6) is 0 Å². The Morgan fingerprint density at radius 3 is 2.71 bits per heavy atom. The van der Waals surface area contributed by atoms with Gasteiger partial charge in [0.25, 0.3) is 0 Å². The third-order valence-corrected chi connectivity index (χ3v) is 11.6. The Labute approximate surface area is 243 Å². The lowest BCUT2D eigenvalue weighted by Gasteiger charge is -2.60. The minimum absolute atomic E-state index is 0.0381. The van der Waals surface area contributed by atoms with Gasteiger partial charge in [-0.3, -0.25) is 9.59 Å². The van der Waals surface area contributed by atoms with Crippen LogP contribution >= 0.6 is 11.8 Å². The van der Waals surface area contributed by atoms with Crippen LogP contribution in [0.3, 0.4) is 0 Å². The number of allylic oxidation sites excluding steroid dienone is 3. The van der Waals surface area contributed by atoms with Crippen molar-refractivity contribution in [3.05, 3.63) is 47.7 Å². The smallest absolute Gasteiger partial charge is 0.309 e. The van der Waals surface area contributed by atoms with Gasteiger partial charge in [-0.05, 0) is 116 Å². The standard InChI is InChI=1S/C31H37F2N3O4S/c1-29-12-18(14-34)23(36-20-6-8-25(33)35-15-20)11-19(29)5-7-21-22-9-10-31(28(39)41-16-32,40-27(38)17-3-4-17)30(22,2)13-24(37)26(21)29/h6,8,11,14-15,17,21-22,24,26,37H,3-5,7,9-10,12-13,16,34H2,1-2H3/t21-,22?,24?,26?,29-,30-,31-/m0/s1. The van der Waals surface area contributed by atoms with E-state index in [1.54, 1.807) is 12.3 Å². The molecule has 1 aromatic rings. The Kier molecular flexibility index (Phi) is 7.16. The minimum Gasteiger partial charge on any atom is -0.449 e. The van der Waals surface area contributed by atoms with Crippen molar-refractivity contribution in [1.82, 2.24) is 4.98 Å². The molecule has 0 saturated heterocycles. The van der Waals surface area contributed by atoms with Crippen molar-refractivity contribution in [3.8, 4) is 0 Å². The molecule has 4 fully saturated rings. The molecule has 1 aromatic heterocycles. The molecule has 7 nitrogen and oxygen atoms in total. The summed E-state index contributed by atoms with van der Waals surface area (Å²) in [4.78, 5) is 34.9. The van der Waals surface area contributed by atoms with E-state index in [0.29, 0.717) is 48.8 Å². The first-order chi connectivity index (χ1) is 19.6. The first kappa shape index (κ1) is 28.5. The predicted octanol–water partition coefficient (Wildman–Crippen LogP) is 5.56. The fourth-order valence-corrected chi connectivity index (χ4v) is 9.49. The molecule has 5 aliphatic rings. The van der Waals surface area contributed by atoms with Crippen molar-refractivity contribution in [2.45, 2.75) is 76.9 Å². The Hall–Kier alpha value is -2.59. The summed E-state index contributed by atoms with van der Waals surface area (Å²) < 4.78 is 32.9. The fourth-order valence-electron chi connectivity index (χ4n) is 8.78. The molecular weight excluding hydrogens is 548 g/mol. The molecular formula is C31H37F2N3O4S. The molecule has 41 heavy (non-hydrogen) atoms. The van der Waals surface area contributed by atoms with Gasteiger partial charge in [-0.2, -0.15) is 4.39 Å². The molecule has 1 heterocycles. The van der Waals surface area contributed by atoms with E-state index in [9.17, 15) is 23.5 Å². The molecule has 0 bridgehead atoms. The molecule has 5 aliphatic carbocycles. The third kappa shape index (κ3) is 4.47. The molecule has 0 amide bonds. The van der Waals surface area contributed by atoms with Crippen LogP contribution in [0.1, 0.15) is 65.2 Å². The number of carbonyl (C=O) groups excluding carboxylic acids is 2. The van der Waals surface area contributed by atoms with Crippen LogP contribution in [-0.4, -0.2) is 44.6 Å². The highest BCUT2D eigenvalue weighted by Crippen LogP contribution is 2.69. The topological polar surface area (TPSA) is 115 Å². The number of aliphatic hydroxyl groups is 1. The average molecular weight is 586 g/mol. The summed E-state index contributed by atoms with van der Waals surface area (Å²) in [5.74, 6) is -1.09. The van der Waals surface area contributed by atoms with E-state index in [2.05, 4.69) is 18.0 Å². The summed E-state index contributed by atoms with van der Waals surface area (Å²) in [6.45, 7) is 4.16. The number of ether oxygens (including phenoxy) is 1. The zero-order valence-electron chi connectivity index (χ0n) is 23.4. The Morgan fingerprint density at radius 1 is 1.27 bits per heavy atom. The molecule has 0 aliphatic heterocycles. The summed E-state index contributed by atoms with van der Waals surface area (Å²) >= 11 is 0.575. The highest BCUT2D eigenvalue weighted by atomic mass is 32.2. The van der Waals surface area contributed by atoms with Crippen molar-refractivity contribution in [2.24, 2.45) is 45.2 Å². The van der Waals surface area contributed by atoms with Gasteiger partial charge in [-0.1, -0.05) is 19.4 Å². The van der Waals surface area contributed by atoms with Gasteiger partial charge in [0.05, 0.1) is 29.6 Å². The lowest BCUT2D eigenvalue weighted by molar-refractivity contribution is -0.197. The maximum Gasteiger partial charge on any atom is 0.309 e. The van der Waals surface area contributed by atoms with E-state index >= 15 is 0 Å². The number of nitrogens with zero attached hydrogens (tertiary/aromatic N) is 2. The molecule has 10 heteroatoms. The Morgan fingerprint density at radius 2 is 2.05 bits per heavy atom. The molecule has 7 atom stereocenters. The van der Waals surface area contributed by atoms with Crippen LogP contribution in [0.25, 0.3) is 0 Å². The number of hydrogen-bond acceptors (Lipinski definition) is 8. The fraction of sp³-hybridized carbons (Fsp3) is 0.613. The van der Waals surface area contributed by atoms with E-state index in [1.165, 1.54) is 17.8 Å². The highest BCUT2D eigenvalue weighted by Gasteiger charge is 2.71. The van der Waals surface area contributed by atoms with E-state index in [-0.39, 0.29) is 35.1 Å². The van der Waals surface area contributed by atoms with Crippen molar-refractivity contribution >= 4 is 34.2 Å². The van der Waals surface area contributed by atoms with Gasteiger partial charge in [-0.15, -0.1) is 0 Å². The molecule has 6 rings (SSSR count).